The molecule has 0 amide bonds. The summed E-state index contributed by atoms with van der Waals surface area (Å²) >= 11 is 6.15. The lowest BCUT2D eigenvalue weighted by Gasteiger charge is -2.19. The Kier molecular flexibility index (Phi) is 6.97. The summed E-state index contributed by atoms with van der Waals surface area (Å²) < 4.78 is 12.8. The van der Waals surface area contributed by atoms with Crippen molar-refractivity contribution in [3.63, 3.8) is 0 Å². The van der Waals surface area contributed by atoms with E-state index < -0.39 is 11.6 Å². The Morgan fingerprint density at radius 3 is 2.41 bits per heavy atom. The van der Waals surface area contributed by atoms with Gasteiger partial charge in [-0.15, -0.1) is 0 Å². The summed E-state index contributed by atoms with van der Waals surface area (Å²) in [5.74, 6) is 6.20. The van der Waals surface area contributed by atoms with E-state index in [4.69, 9.17) is 21.1 Å². The molecule has 3 aromatic carbocycles. The number of aryl methyl sites for hydroxylation is 2. The lowest BCUT2D eigenvalue weighted by molar-refractivity contribution is -0.154. The van der Waals surface area contributed by atoms with Crippen molar-refractivity contribution >= 4 is 38.1 Å². The average Bonchev–Trinajstić information content (AvgIpc) is 3.22. The van der Waals surface area contributed by atoms with Gasteiger partial charge in [0.2, 0.25) is 0 Å². The Bertz CT molecular complexity index is 1400. The third kappa shape index (κ3) is 5.44. The first kappa shape index (κ1) is 23.9. The Hall–Kier alpha value is -3.26. The highest BCUT2D eigenvalue weighted by molar-refractivity contribution is 7.43. The SMILES string of the molecule is Cc1cc(-[s+]2ccc3ccccc32)cc(C)c1OCC(=O)OC(C)(C)C#Cc1ccccc1Cl. The molecule has 0 bridgehead atoms. The van der Waals surface area contributed by atoms with E-state index in [-0.39, 0.29) is 17.1 Å². The van der Waals surface area contributed by atoms with Crippen molar-refractivity contribution in [1.29, 1.82) is 0 Å². The molecule has 1 unspecified atom stereocenters. The second-order valence-electron chi connectivity index (χ2n) is 8.57. The lowest BCUT2D eigenvalue weighted by atomic mass is 10.1. The highest BCUT2D eigenvalue weighted by Crippen LogP contribution is 2.42. The van der Waals surface area contributed by atoms with Crippen molar-refractivity contribution in [1.82, 2.24) is 0 Å². The molecular weight excluding hydrogens is 464 g/mol. The van der Waals surface area contributed by atoms with Crippen molar-refractivity contribution in [3.8, 4) is 22.5 Å². The number of carbonyl (C=O) groups is 1. The van der Waals surface area contributed by atoms with Gasteiger partial charge in [0.05, 0.1) is 5.02 Å². The first-order valence-electron chi connectivity index (χ1n) is 11.0. The monoisotopic (exact) mass is 489 g/mol. The minimum atomic E-state index is -0.975. The Morgan fingerprint density at radius 1 is 1.00 bits per heavy atom. The van der Waals surface area contributed by atoms with Crippen LogP contribution in [0.2, 0.25) is 5.02 Å². The molecule has 1 atom stereocenters. The van der Waals surface area contributed by atoms with Gasteiger partial charge in [-0.1, -0.05) is 47.7 Å². The van der Waals surface area contributed by atoms with E-state index in [0.29, 0.717) is 16.3 Å². The molecule has 0 aliphatic carbocycles. The van der Waals surface area contributed by atoms with Gasteiger partial charge in [0.1, 0.15) is 11.1 Å². The fourth-order valence-electron chi connectivity index (χ4n) is 3.75. The van der Waals surface area contributed by atoms with Gasteiger partial charge in [-0.05, 0) is 63.1 Å². The van der Waals surface area contributed by atoms with Crippen molar-refractivity contribution in [2.45, 2.75) is 33.3 Å². The van der Waals surface area contributed by atoms with Gasteiger partial charge in [0.15, 0.2) is 21.8 Å². The molecule has 172 valence electrons. The zero-order chi connectivity index (χ0) is 24.3. The number of ether oxygens (including phenoxy) is 2. The molecule has 0 spiro atoms. The molecule has 1 aromatic heterocycles. The summed E-state index contributed by atoms with van der Waals surface area (Å²) in [5, 5.41) is 4.08. The van der Waals surface area contributed by atoms with Gasteiger partial charge in [0.25, 0.3) is 0 Å². The molecular formula is C29H26ClO3S+. The van der Waals surface area contributed by atoms with Crippen LogP contribution in [-0.2, 0) is 9.53 Å². The molecule has 34 heavy (non-hydrogen) atoms. The van der Waals surface area contributed by atoms with Gasteiger partial charge in [0, 0.05) is 39.6 Å². The maximum Gasteiger partial charge on any atom is 0.345 e. The molecule has 4 rings (SSSR count). The van der Waals surface area contributed by atoms with Crippen LogP contribution in [0.4, 0.5) is 0 Å². The molecule has 3 nitrogen and oxygen atoms in total. The summed E-state index contributed by atoms with van der Waals surface area (Å²) in [6.45, 7) is 7.31. The van der Waals surface area contributed by atoms with E-state index in [0.717, 1.165) is 11.1 Å². The van der Waals surface area contributed by atoms with Gasteiger partial charge in [-0.25, -0.2) is 4.79 Å². The van der Waals surface area contributed by atoms with E-state index in [1.807, 2.05) is 32.0 Å². The number of hydrogen-bond donors (Lipinski definition) is 0. The standard InChI is InChI=1S/C29H26ClO3S/c1-20-17-24(34-16-14-23-10-6-8-12-26(23)34)18-21(2)28(20)32-19-27(31)33-29(3,4)15-13-22-9-5-7-11-25(22)30/h5-12,14,16-18H,19H2,1-4H3/q+1. The van der Waals surface area contributed by atoms with Crippen LogP contribution in [-0.4, -0.2) is 18.2 Å². The molecule has 5 heteroatoms. The van der Waals surface area contributed by atoms with E-state index >= 15 is 0 Å². The van der Waals surface area contributed by atoms with E-state index in [9.17, 15) is 4.79 Å². The highest BCUT2D eigenvalue weighted by atomic mass is 35.5. The Morgan fingerprint density at radius 2 is 1.68 bits per heavy atom. The Balaban J connectivity index is 1.44. The molecule has 1 heterocycles. The largest absolute Gasteiger partial charge is 0.481 e. The van der Waals surface area contributed by atoms with Crippen molar-refractivity contribution < 1.29 is 14.3 Å². The van der Waals surface area contributed by atoms with Crippen LogP contribution in [0.25, 0.3) is 15.0 Å². The fourth-order valence-corrected chi connectivity index (χ4v) is 6.00. The number of thiophene rings is 1. The summed E-state index contributed by atoms with van der Waals surface area (Å²) in [4.78, 5) is 13.7. The lowest BCUT2D eigenvalue weighted by Crippen LogP contribution is -2.29. The van der Waals surface area contributed by atoms with E-state index in [1.165, 1.54) is 15.0 Å². The van der Waals surface area contributed by atoms with Crippen LogP contribution in [0.1, 0.15) is 30.5 Å². The second kappa shape index (κ2) is 9.93. The van der Waals surface area contributed by atoms with Crippen molar-refractivity contribution in [2.75, 3.05) is 6.61 Å². The fraction of sp³-hybridized carbons (Fsp3) is 0.207. The smallest absolute Gasteiger partial charge is 0.345 e. The normalized spacial score (nSPS) is 11.6. The predicted octanol–water partition coefficient (Wildman–Crippen LogP) is 7.60. The van der Waals surface area contributed by atoms with Gasteiger partial charge < -0.3 is 9.47 Å². The third-order valence-corrected chi connectivity index (χ3v) is 7.63. The molecule has 0 saturated heterocycles. The summed E-state index contributed by atoms with van der Waals surface area (Å²) in [5.41, 5.74) is 1.70. The number of benzene rings is 3. The summed E-state index contributed by atoms with van der Waals surface area (Å²) in [6.07, 6.45) is 0. The first-order valence-corrected chi connectivity index (χ1v) is 12.6. The van der Waals surface area contributed by atoms with Crippen molar-refractivity contribution in [2.24, 2.45) is 0 Å². The quantitative estimate of drug-likeness (QED) is 0.164. The number of rotatable bonds is 5. The Labute approximate surface area is 208 Å². The molecule has 0 fully saturated rings. The third-order valence-electron chi connectivity index (χ3n) is 5.30. The molecule has 0 saturated carbocycles. The minimum Gasteiger partial charge on any atom is -0.481 e. The molecule has 0 radical (unpaired) electrons. The zero-order valence-electron chi connectivity index (χ0n) is 19.6. The summed E-state index contributed by atoms with van der Waals surface area (Å²) in [6, 6.07) is 22.2. The molecule has 0 aliphatic heterocycles. The number of halogens is 1. The number of hydrogen-bond acceptors (Lipinski definition) is 3. The highest BCUT2D eigenvalue weighted by Gasteiger charge is 2.22. The van der Waals surface area contributed by atoms with Crippen molar-refractivity contribution in [3.05, 3.63) is 93.8 Å². The maximum absolute atomic E-state index is 12.5. The van der Waals surface area contributed by atoms with Gasteiger partial charge in [-0.3, -0.25) is 0 Å². The summed E-state index contributed by atoms with van der Waals surface area (Å²) in [7, 11) is -0.0930. The predicted molar refractivity (Wildman–Crippen MR) is 141 cm³/mol. The zero-order valence-corrected chi connectivity index (χ0v) is 21.2. The van der Waals surface area contributed by atoms with Crippen LogP contribution in [0, 0.1) is 25.7 Å². The van der Waals surface area contributed by atoms with E-state index in [1.54, 1.807) is 19.9 Å². The van der Waals surface area contributed by atoms with Crippen LogP contribution in [0.3, 0.4) is 0 Å². The van der Waals surface area contributed by atoms with Gasteiger partial charge >= 0.3 is 5.97 Å². The minimum absolute atomic E-state index is 0.0930. The van der Waals surface area contributed by atoms with Crippen LogP contribution in [0.15, 0.2) is 72.1 Å². The maximum atomic E-state index is 12.5. The van der Waals surface area contributed by atoms with Crippen LogP contribution in [0.5, 0.6) is 5.75 Å². The molecule has 4 aromatic rings. The van der Waals surface area contributed by atoms with Crippen LogP contribution >= 0.6 is 22.1 Å². The van der Waals surface area contributed by atoms with Crippen LogP contribution < -0.4 is 4.74 Å². The topological polar surface area (TPSA) is 35.5 Å². The number of carbonyl (C=O) groups excluding carboxylic acids is 1. The molecule has 0 N–H and O–H groups in total. The number of esters is 1. The average molecular weight is 490 g/mol. The number of fused-ring (bicyclic) bond motifs is 1. The second-order valence-corrected chi connectivity index (χ2v) is 10.8. The molecule has 0 aliphatic rings. The van der Waals surface area contributed by atoms with E-state index in [2.05, 4.69) is 59.7 Å². The first-order chi connectivity index (χ1) is 16.2. The van der Waals surface area contributed by atoms with Gasteiger partial charge in [-0.2, -0.15) is 0 Å².